The monoisotopic (exact) mass is 254 g/mol. The Kier molecular flexibility index (Phi) is 4.00. The smallest absolute Gasteiger partial charge is 0.159 e. The maximum atomic E-state index is 11.4. The van der Waals surface area contributed by atoms with E-state index in [0.29, 0.717) is 6.61 Å². The number of Topliss-reactive ketones (excluding diaryl/α,β-unsaturated/α-hetero) is 1. The number of benzene rings is 2. The van der Waals surface area contributed by atoms with Crippen molar-refractivity contribution in [2.75, 3.05) is 6.61 Å². The van der Waals surface area contributed by atoms with Gasteiger partial charge in [0, 0.05) is 5.56 Å². The first kappa shape index (κ1) is 13.3. The van der Waals surface area contributed by atoms with Crippen LogP contribution in [-0.4, -0.2) is 12.4 Å². The highest BCUT2D eigenvalue weighted by atomic mass is 16.5. The largest absolute Gasteiger partial charge is 0.494 e. The highest BCUT2D eigenvalue weighted by Crippen LogP contribution is 2.27. The van der Waals surface area contributed by atoms with E-state index in [9.17, 15) is 4.79 Å². The van der Waals surface area contributed by atoms with Gasteiger partial charge in [-0.25, -0.2) is 0 Å². The predicted octanol–water partition coefficient (Wildman–Crippen LogP) is 4.26. The van der Waals surface area contributed by atoms with Crippen molar-refractivity contribution in [2.24, 2.45) is 0 Å². The average Bonchev–Trinajstić information content (AvgIpc) is 2.39. The van der Waals surface area contributed by atoms with Crippen molar-refractivity contribution in [1.82, 2.24) is 0 Å². The molecule has 0 fully saturated rings. The maximum absolute atomic E-state index is 11.4. The Bertz CT molecular complexity index is 600. The van der Waals surface area contributed by atoms with Crippen molar-refractivity contribution < 1.29 is 9.53 Å². The van der Waals surface area contributed by atoms with Gasteiger partial charge in [-0.05, 0) is 55.7 Å². The Morgan fingerprint density at radius 2 is 1.95 bits per heavy atom. The quantitative estimate of drug-likeness (QED) is 0.762. The Labute approximate surface area is 114 Å². The summed E-state index contributed by atoms with van der Waals surface area (Å²) in [6, 6.07) is 13.8. The molecule has 0 heterocycles. The number of rotatable bonds is 4. The van der Waals surface area contributed by atoms with Gasteiger partial charge in [0.2, 0.25) is 0 Å². The minimum Gasteiger partial charge on any atom is -0.494 e. The van der Waals surface area contributed by atoms with Crippen LogP contribution in [0.25, 0.3) is 11.1 Å². The summed E-state index contributed by atoms with van der Waals surface area (Å²) in [5.74, 6) is 0.966. The van der Waals surface area contributed by atoms with E-state index >= 15 is 0 Å². The lowest BCUT2D eigenvalue weighted by Gasteiger charge is -2.10. The lowest BCUT2D eigenvalue weighted by Crippen LogP contribution is -1.95. The molecule has 0 aliphatic rings. The van der Waals surface area contributed by atoms with Crippen molar-refractivity contribution >= 4 is 5.78 Å². The molecule has 2 aromatic rings. The molecule has 0 amide bonds. The van der Waals surface area contributed by atoms with Gasteiger partial charge < -0.3 is 4.74 Å². The van der Waals surface area contributed by atoms with Crippen LogP contribution in [0.3, 0.4) is 0 Å². The predicted molar refractivity (Wildman–Crippen MR) is 77.8 cm³/mol. The Morgan fingerprint density at radius 1 is 1.16 bits per heavy atom. The molecule has 19 heavy (non-hydrogen) atoms. The number of carbonyl (C=O) groups is 1. The highest BCUT2D eigenvalue weighted by Gasteiger charge is 2.06. The number of hydrogen-bond acceptors (Lipinski definition) is 2. The van der Waals surface area contributed by atoms with Crippen molar-refractivity contribution in [3.63, 3.8) is 0 Å². The minimum absolute atomic E-state index is 0.0951. The molecule has 2 heteroatoms. The van der Waals surface area contributed by atoms with Crippen LogP contribution in [0.15, 0.2) is 42.5 Å². The fourth-order valence-corrected chi connectivity index (χ4v) is 2.13. The molecule has 0 atom stereocenters. The number of hydrogen-bond donors (Lipinski definition) is 0. The van der Waals surface area contributed by atoms with Crippen LogP contribution < -0.4 is 4.74 Å². The molecule has 0 unspecified atom stereocenters. The first-order valence-electron chi connectivity index (χ1n) is 6.46. The van der Waals surface area contributed by atoms with Crippen molar-refractivity contribution in [2.45, 2.75) is 20.8 Å². The summed E-state index contributed by atoms with van der Waals surface area (Å²) < 4.78 is 5.52. The number of aryl methyl sites for hydroxylation is 1. The van der Waals surface area contributed by atoms with Gasteiger partial charge >= 0.3 is 0 Å². The summed E-state index contributed by atoms with van der Waals surface area (Å²) in [7, 11) is 0. The normalized spacial score (nSPS) is 10.3. The van der Waals surface area contributed by atoms with Crippen molar-refractivity contribution in [3.8, 4) is 16.9 Å². The molecule has 0 aliphatic heterocycles. The average molecular weight is 254 g/mol. The molecule has 0 N–H and O–H groups in total. The zero-order chi connectivity index (χ0) is 13.8. The van der Waals surface area contributed by atoms with E-state index in [1.54, 1.807) is 6.92 Å². The van der Waals surface area contributed by atoms with Gasteiger partial charge in [0.1, 0.15) is 5.75 Å². The molecule has 2 rings (SSSR count). The summed E-state index contributed by atoms with van der Waals surface area (Å²) in [6.45, 7) is 6.24. The van der Waals surface area contributed by atoms with E-state index in [0.717, 1.165) is 28.0 Å². The van der Waals surface area contributed by atoms with Gasteiger partial charge in [-0.15, -0.1) is 0 Å². The van der Waals surface area contributed by atoms with Crippen LogP contribution >= 0.6 is 0 Å². The second-order valence-corrected chi connectivity index (χ2v) is 4.55. The van der Waals surface area contributed by atoms with Crippen LogP contribution in [0.5, 0.6) is 5.75 Å². The summed E-state index contributed by atoms with van der Waals surface area (Å²) in [5.41, 5.74) is 4.09. The SMILES string of the molecule is CCOc1cccc(-c2ccc(C(C)=O)cc2C)c1. The molecule has 0 radical (unpaired) electrons. The molecule has 0 saturated heterocycles. The Hall–Kier alpha value is -2.09. The van der Waals surface area contributed by atoms with E-state index in [1.165, 1.54) is 0 Å². The fraction of sp³-hybridized carbons (Fsp3) is 0.235. The van der Waals surface area contributed by atoms with Crippen LogP contribution in [-0.2, 0) is 0 Å². The van der Waals surface area contributed by atoms with E-state index < -0.39 is 0 Å². The maximum Gasteiger partial charge on any atom is 0.159 e. The van der Waals surface area contributed by atoms with Crippen LogP contribution in [0.2, 0.25) is 0 Å². The van der Waals surface area contributed by atoms with Crippen molar-refractivity contribution in [3.05, 3.63) is 53.6 Å². The molecule has 0 saturated carbocycles. The molecular weight excluding hydrogens is 236 g/mol. The minimum atomic E-state index is 0.0951. The third-order valence-corrected chi connectivity index (χ3v) is 3.09. The topological polar surface area (TPSA) is 26.3 Å². The van der Waals surface area contributed by atoms with Gasteiger partial charge in [-0.2, -0.15) is 0 Å². The van der Waals surface area contributed by atoms with Gasteiger partial charge in [0.05, 0.1) is 6.61 Å². The first-order chi connectivity index (χ1) is 9.11. The number of ether oxygens (including phenoxy) is 1. The molecular formula is C17H18O2. The van der Waals surface area contributed by atoms with E-state index in [1.807, 2.05) is 50.2 Å². The zero-order valence-corrected chi connectivity index (χ0v) is 11.6. The lowest BCUT2D eigenvalue weighted by molar-refractivity contribution is 0.101. The molecule has 2 aromatic carbocycles. The van der Waals surface area contributed by atoms with E-state index in [4.69, 9.17) is 4.74 Å². The van der Waals surface area contributed by atoms with Crippen molar-refractivity contribution in [1.29, 1.82) is 0 Å². The number of ketones is 1. The Balaban J connectivity index is 2.41. The fourth-order valence-electron chi connectivity index (χ4n) is 2.13. The third kappa shape index (κ3) is 3.02. The summed E-state index contributed by atoms with van der Waals surface area (Å²) in [4.78, 5) is 11.4. The molecule has 0 aromatic heterocycles. The lowest BCUT2D eigenvalue weighted by atomic mass is 9.97. The third-order valence-electron chi connectivity index (χ3n) is 3.09. The van der Waals surface area contributed by atoms with E-state index in [2.05, 4.69) is 6.07 Å². The highest BCUT2D eigenvalue weighted by molar-refractivity contribution is 5.95. The summed E-state index contributed by atoms with van der Waals surface area (Å²) >= 11 is 0. The van der Waals surface area contributed by atoms with Gasteiger partial charge in [0.15, 0.2) is 5.78 Å². The molecule has 0 aliphatic carbocycles. The second-order valence-electron chi connectivity index (χ2n) is 4.55. The molecule has 98 valence electrons. The Morgan fingerprint density at radius 3 is 2.58 bits per heavy atom. The van der Waals surface area contributed by atoms with Gasteiger partial charge in [-0.1, -0.05) is 24.3 Å². The molecule has 0 bridgehead atoms. The van der Waals surface area contributed by atoms with Gasteiger partial charge in [-0.3, -0.25) is 4.79 Å². The van der Waals surface area contributed by atoms with Crippen LogP contribution in [0, 0.1) is 6.92 Å². The first-order valence-corrected chi connectivity index (χ1v) is 6.46. The van der Waals surface area contributed by atoms with E-state index in [-0.39, 0.29) is 5.78 Å². The van der Waals surface area contributed by atoms with Crippen LogP contribution in [0.1, 0.15) is 29.8 Å². The number of carbonyl (C=O) groups excluding carboxylic acids is 1. The second kappa shape index (κ2) is 5.70. The summed E-state index contributed by atoms with van der Waals surface area (Å²) in [6.07, 6.45) is 0. The molecule has 0 spiro atoms. The summed E-state index contributed by atoms with van der Waals surface area (Å²) in [5, 5.41) is 0. The van der Waals surface area contributed by atoms with Gasteiger partial charge in [0.25, 0.3) is 0 Å². The standard InChI is InChI=1S/C17H18O2/c1-4-19-16-7-5-6-15(11-16)17-9-8-14(13(3)18)10-12(17)2/h5-11H,4H2,1-3H3. The molecule has 2 nitrogen and oxygen atoms in total. The zero-order valence-electron chi connectivity index (χ0n) is 11.6. The van der Waals surface area contributed by atoms with Crippen LogP contribution in [0.4, 0.5) is 0 Å².